The summed E-state index contributed by atoms with van der Waals surface area (Å²) in [6.45, 7) is 4.62. The molecule has 2 aromatic rings. The van der Waals surface area contributed by atoms with Crippen molar-refractivity contribution in [3.63, 3.8) is 0 Å². The lowest BCUT2D eigenvalue weighted by Crippen LogP contribution is -2.26. The van der Waals surface area contributed by atoms with Crippen molar-refractivity contribution in [3.05, 3.63) is 52.0 Å². The number of fused-ring (bicyclic) bond motifs is 3. The monoisotopic (exact) mass is 498 g/mol. The predicted octanol–water partition coefficient (Wildman–Crippen LogP) is 8.21. The number of hydrogen-bond acceptors (Lipinski definition) is 0. The molecule has 0 spiro atoms. The molecule has 0 heterocycles. The maximum atomic E-state index is 3.80. The summed E-state index contributed by atoms with van der Waals surface area (Å²) in [4.78, 5) is 0. The van der Waals surface area contributed by atoms with E-state index in [2.05, 4.69) is 66.2 Å². The summed E-state index contributed by atoms with van der Waals surface area (Å²) in [6, 6.07) is 14.4. The number of hydrogen-bond donors (Lipinski definition) is 0. The molecule has 3 rings (SSSR count). The Labute approximate surface area is 203 Å². The van der Waals surface area contributed by atoms with Crippen molar-refractivity contribution in [1.82, 2.24) is 0 Å². The minimum Gasteiger partial charge on any atom is -0.0704 e. The van der Waals surface area contributed by atoms with Crippen LogP contribution in [-0.2, 0) is 5.41 Å². The van der Waals surface area contributed by atoms with Gasteiger partial charge in [0.2, 0.25) is 0 Å². The standard InChI is InChI=1S/C29H43BrSi/c1-3-5-7-9-11-13-19-29(20-14-12-10-8-6-4-2)27-21-23(30)15-17-25(27)26-18-16-24(31)22-28(26)29/h15-18,21-22H,3-14,19-20H2,1-2,31H3. The van der Waals surface area contributed by atoms with Crippen LogP contribution in [0.1, 0.15) is 115 Å². The van der Waals surface area contributed by atoms with Crippen LogP contribution >= 0.6 is 15.9 Å². The first kappa shape index (κ1) is 24.8. The van der Waals surface area contributed by atoms with Gasteiger partial charge in [-0.3, -0.25) is 0 Å². The summed E-state index contributed by atoms with van der Waals surface area (Å²) in [6.07, 6.45) is 19.2. The Hall–Kier alpha value is -0.863. The maximum absolute atomic E-state index is 3.80. The third kappa shape index (κ3) is 6.14. The highest BCUT2D eigenvalue weighted by Gasteiger charge is 2.42. The largest absolute Gasteiger partial charge is 0.0704 e. The van der Waals surface area contributed by atoms with Gasteiger partial charge in [-0.15, -0.1) is 0 Å². The molecule has 2 heteroatoms. The lowest BCUT2D eigenvalue weighted by atomic mass is 9.70. The highest BCUT2D eigenvalue weighted by atomic mass is 79.9. The number of rotatable bonds is 14. The van der Waals surface area contributed by atoms with Gasteiger partial charge in [0.25, 0.3) is 0 Å². The smallest absolute Gasteiger partial charge is 0.0385 e. The third-order valence-corrected chi connectivity index (χ3v) is 8.51. The van der Waals surface area contributed by atoms with Crippen LogP contribution in [0.4, 0.5) is 0 Å². The van der Waals surface area contributed by atoms with Gasteiger partial charge in [0.1, 0.15) is 0 Å². The zero-order chi connectivity index (χ0) is 22.1. The van der Waals surface area contributed by atoms with Crippen molar-refractivity contribution in [1.29, 1.82) is 0 Å². The molecule has 1 aliphatic carbocycles. The first-order valence-corrected chi connectivity index (χ1v) is 14.8. The molecule has 1 aliphatic rings. The summed E-state index contributed by atoms with van der Waals surface area (Å²) in [5.74, 6) is 0. The van der Waals surface area contributed by atoms with E-state index in [1.165, 1.54) is 105 Å². The van der Waals surface area contributed by atoms with Gasteiger partial charge in [-0.05, 0) is 47.2 Å². The van der Waals surface area contributed by atoms with Gasteiger partial charge in [0.15, 0.2) is 0 Å². The molecule has 0 atom stereocenters. The molecule has 0 fully saturated rings. The fourth-order valence-electron chi connectivity index (χ4n) is 5.66. The molecule has 0 aliphatic heterocycles. The SMILES string of the molecule is CCCCCCCCC1(CCCCCCCC)c2cc([SiH3])ccc2-c2ccc(Br)cc21. The Kier molecular flexibility index (Phi) is 9.91. The van der Waals surface area contributed by atoms with Crippen molar-refractivity contribution in [2.24, 2.45) is 0 Å². The minimum absolute atomic E-state index is 0.227. The summed E-state index contributed by atoms with van der Waals surface area (Å²) in [5.41, 5.74) is 6.49. The van der Waals surface area contributed by atoms with Crippen molar-refractivity contribution in [2.75, 3.05) is 0 Å². The highest BCUT2D eigenvalue weighted by molar-refractivity contribution is 9.10. The lowest BCUT2D eigenvalue weighted by molar-refractivity contribution is 0.398. The van der Waals surface area contributed by atoms with Crippen molar-refractivity contribution < 1.29 is 0 Å². The van der Waals surface area contributed by atoms with E-state index in [1.807, 2.05) is 0 Å². The van der Waals surface area contributed by atoms with Crippen LogP contribution < -0.4 is 5.19 Å². The summed E-state index contributed by atoms with van der Waals surface area (Å²) in [7, 11) is 1.13. The van der Waals surface area contributed by atoms with Crippen LogP contribution in [0.3, 0.4) is 0 Å². The van der Waals surface area contributed by atoms with E-state index in [4.69, 9.17) is 0 Å². The molecule has 0 radical (unpaired) electrons. The van der Waals surface area contributed by atoms with E-state index in [0.29, 0.717) is 0 Å². The zero-order valence-electron chi connectivity index (χ0n) is 20.2. The molecule has 0 saturated heterocycles. The van der Waals surface area contributed by atoms with Crippen LogP contribution in [-0.4, -0.2) is 10.2 Å². The third-order valence-electron chi connectivity index (χ3n) is 7.39. The van der Waals surface area contributed by atoms with Crippen molar-refractivity contribution in [3.8, 4) is 11.1 Å². The van der Waals surface area contributed by atoms with Gasteiger partial charge in [-0.1, -0.05) is 136 Å². The van der Waals surface area contributed by atoms with Crippen LogP contribution in [0.15, 0.2) is 40.9 Å². The predicted molar refractivity (Wildman–Crippen MR) is 146 cm³/mol. The summed E-state index contributed by atoms with van der Waals surface area (Å²) in [5, 5.41) is 1.54. The second-order valence-electron chi connectivity index (χ2n) is 9.86. The normalized spacial score (nSPS) is 14.0. The highest BCUT2D eigenvalue weighted by Crippen LogP contribution is 2.54. The van der Waals surface area contributed by atoms with Gasteiger partial charge >= 0.3 is 0 Å². The summed E-state index contributed by atoms with van der Waals surface area (Å²) >= 11 is 3.80. The molecule has 0 N–H and O–H groups in total. The Morgan fingerprint density at radius 1 is 0.645 bits per heavy atom. The van der Waals surface area contributed by atoms with E-state index in [0.717, 1.165) is 10.2 Å². The van der Waals surface area contributed by atoms with E-state index in [9.17, 15) is 0 Å². The van der Waals surface area contributed by atoms with Crippen molar-refractivity contribution >= 4 is 31.4 Å². The Bertz CT molecular complexity index is 756. The molecule has 0 amide bonds. The minimum atomic E-state index is 0.227. The second kappa shape index (κ2) is 12.4. The molecule has 0 aromatic heterocycles. The van der Waals surface area contributed by atoms with Gasteiger partial charge in [-0.2, -0.15) is 0 Å². The zero-order valence-corrected chi connectivity index (χ0v) is 23.8. The number of halogens is 1. The maximum Gasteiger partial charge on any atom is 0.0385 e. The molecular formula is C29H43BrSi. The van der Waals surface area contributed by atoms with E-state index < -0.39 is 0 Å². The van der Waals surface area contributed by atoms with Crippen LogP contribution in [0.25, 0.3) is 11.1 Å². The van der Waals surface area contributed by atoms with E-state index in [1.54, 1.807) is 16.3 Å². The molecule has 170 valence electrons. The Morgan fingerprint density at radius 3 is 1.71 bits per heavy atom. The lowest BCUT2D eigenvalue weighted by Gasteiger charge is -2.33. The van der Waals surface area contributed by atoms with Crippen LogP contribution in [0.2, 0.25) is 0 Å². The molecule has 0 unspecified atom stereocenters. The number of unbranched alkanes of at least 4 members (excludes halogenated alkanes) is 10. The molecule has 31 heavy (non-hydrogen) atoms. The van der Waals surface area contributed by atoms with Gasteiger partial charge < -0.3 is 0 Å². The van der Waals surface area contributed by atoms with Gasteiger partial charge in [0, 0.05) is 20.1 Å². The second-order valence-corrected chi connectivity index (χ2v) is 11.9. The first-order valence-electron chi connectivity index (χ1n) is 13.0. The van der Waals surface area contributed by atoms with Crippen LogP contribution in [0.5, 0.6) is 0 Å². The molecule has 0 bridgehead atoms. The summed E-state index contributed by atoms with van der Waals surface area (Å²) < 4.78 is 1.24. The molecule has 0 saturated carbocycles. The van der Waals surface area contributed by atoms with Gasteiger partial charge in [0.05, 0.1) is 0 Å². The first-order chi connectivity index (χ1) is 15.1. The quantitative estimate of drug-likeness (QED) is 0.181. The molecule has 0 nitrogen and oxygen atoms in total. The molecular weight excluding hydrogens is 456 g/mol. The Balaban J connectivity index is 1.85. The van der Waals surface area contributed by atoms with Crippen molar-refractivity contribution in [2.45, 2.75) is 109 Å². The van der Waals surface area contributed by atoms with Crippen LogP contribution in [0, 0.1) is 0 Å². The fourth-order valence-corrected chi connectivity index (χ4v) is 6.48. The fraction of sp³-hybridized carbons (Fsp3) is 0.586. The number of benzene rings is 2. The molecule has 2 aromatic carbocycles. The van der Waals surface area contributed by atoms with E-state index in [-0.39, 0.29) is 5.41 Å². The van der Waals surface area contributed by atoms with Gasteiger partial charge in [-0.25, -0.2) is 0 Å². The average Bonchev–Trinajstić information content (AvgIpc) is 3.02. The van der Waals surface area contributed by atoms with E-state index >= 15 is 0 Å². The average molecular weight is 500 g/mol. The topological polar surface area (TPSA) is 0 Å². The Morgan fingerprint density at radius 2 is 1.13 bits per heavy atom.